The number of carbonyl (C=O) groups excluding carboxylic acids is 1. The minimum atomic E-state index is -0.255. The first-order valence-electron chi connectivity index (χ1n) is 6.60. The number of aliphatic hydroxyl groups is 1. The van der Waals surface area contributed by atoms with Crippen LogP contribution in [0.2, 0.25) is 0 Å². The Balaban J connectivity index is 2.33. The van der Waals surface area contributed by atoms with Gasteiger partial charge in [-0.1, -0.05) is 15.9 Å². The molecule has 0 aliphatic heterocycles. The third-order valence-electron chi connectivity index (χ3n) is 3.20. The van der Waals surface area contributed by atoms with Gasteiger partial charge in [0, 0.05) is 17.6 Å². The molecule has 7 heteroatoms. The molecule has 1 amide bonds. The molecule has 0 aliphatic carbocycles. The Hall–Kier alpha value is -1.73. The number of nitrogens with zero attached hydrogens (tertiary/aromatic N) is 3. The van der Waals surface area contributed by atoms with Crippen molar-refractivity contribution in [2.75, 3.05) is 19.7 Å². The normalized spacial score (nSPS) is 10.8. The van der Waals surface area contributed by atoms with Gasteiger partial charge in [0.1, 0.15) is 6.54 Å². The summed E-state index contributed by atoms with van der Waals surface area (Å²) in [5, 5.41) is 9.39. The second kappa shape index (κ2) is 6.82. The quantitative estimate of drug-likeness (QED) is 0.869. The fraction of sp³-hybridized carbons (Fsp3) is 0.357. The van der Waals surface area contributed by atoms with E-state index in [1.807, 2.05) is 13.0 Å². The number of carbonyl (C=O) groups is 1. The maximum atomic E-state index is 12.4. The van der Waals surface area contributed by atoms with Crippen LogP contribution < -0.4 is 5.56 Å². The summed E-state index contributed by atoms with van der Waals surface area (Å²) in [6.45, 7) is 2.39. The van der Waals surface area contributed by atoms with Crippen LogP contribution in [0.1, 0.15) is 6.92 Å². The standard InChI is InChI=1S/C14H16BrN3O3/c1-2-17(5-6-19)13(20)8-18-9-16-12-4-3-10(15)7-11(12)14(18)21/h3-4,7,9,19H,2,5-6,8H2,1H3. The number of hydrogen-bond acceptors (Lipinski definition) is 4. The third-order valence-corrected chi connectivity index (χ3v) is 3.69. The molecule has 0 radical (unpaired) electrons. The highest BCUT2D eigenvalue weighted by molar-refractivity contribution is 9.10. The molecule has 1 aromatic carbocycles. The Labute approximate surface area is 130 Å². The molecule has 0 atom stereocenters. The Morgan fingerprint density at radius 2 is 2.24 bits per heavy atom. The summed E-state index contributed by atoms with van der Waals surface area (Å²) in [7, 11) is 0. The van der Waals surface area contributed by atoms with E-state index < -0.39 is 0 Å². The lowest BCUT2D eigenvalue weighted by Crippen LogP contribution is -2.38. The van der Waals surface area contributed by atoms with Gasteiger partial charge >= 0.3 is 0 Å². The van der Waals surface area contributed by atoms with E-state index in [2.05, 4.69) is 20.9 Å². The number of hydrogen-bond donors (Lipinski definition) is 1. The number of amides is 1. The zero-order valence-corrected chi connectivity index (χ0v) is 13.2. The number of likely N-dealkylation sites (N-methyl/N-ethyl adjacent to an activating group) is 1. The van der Waals surface area contributed by atoms with Gasteiger partial charge in [0.15, 0.2) is 0 Å². The maximum Gasteiger partial charge on any atom is 0.261 e. The lowest BCUT2D eigenvalue weighted by atomic mass is 10.2. The molecule has 0 saturated heterocycles. The summed E-state index contributed by atoms with van der Waals surface area (Å²) in [5.74, 6) is -0.218. The van der Waals surface area contributed by atoms with E-state index in [9.17, 15) is 9.59 Å². The average Bonchev–Trinajstić information content (AvgIpc) is 2.48. The van der Waals surface area contributed by atoms with Gasteiger partial charge in [-0.05, 0) is 25.1 Å². The summed E-state index contributed by atoms with van der Waals surface area (Å²) in [6.07, 6.45) is 1.38. The smallest absolute Gasteiger partial charge is 0.261 e. The summed E-state index contributed by atoms with van der Waals surface area (Å²) in [6, 6.07) is 5.25. The van der Waals surface area contributed by atoms with Crippen molar-refractivity contribution < 1.29 is 9.90 Å². The van der Waals surface area contributed by atoms with Crippen LogP contribution in [0.3, 0.4) is 0 Å². The maximum absolute atomic E-state index is 12.4. The van der Waals surface area contributed by atoms with Crippen molar-refractivity contribution in [3.05, 3.63) is 39.4 Å². The first-order valence-corrected chi connectivity index (χ1v) is 7.39. The molecule has 6 nitrogen and oxygen atoms in total. The lowest BCUT2D eigenvalue weighted by Gasteiger charge is -2.20. The van der Waals surface area contributed by atoms with Gasteiger partial charge in [-0.25, -0.2) is 4.98 Å². The monoisotopic (exact) mass is 353 g/mol. The van der Waals surface area contributed by atoms with Gasteiger partial charge in [-0.3, -0.25) is 14.2 Å². The Bertz CT molecular complexity index is 714. The van der Waals surface area contributed by atoms with Crippen LogP contribution in [0.5, 0.6) is 0 Å². The summed E-state index contributed by atoms with van der Waals surface area (Å²) in [5.41, 5.74) is 0.337. The lowest BCUT2D eigenvalue weighted by molar-refractivity contribution is -0.132. The van der Waals surface area contributed by atoms with Crippen LogP contribution in [0, 0.1) is 0 Å². The van der Waals surface area contributed by atoms with E-state index in [-0.39, 0.29) is 31.2 Å². The van der Waals surface area contributed by atoms with Gasteiger partial charge in [-0.2, -0.15) is 0 Å². The Kier molecular flexibility index (Phi) is 5.08. The average molecular weight is 354 g/mol. The number of aliphatic hydroxyl groups excluding tert-OH is 1. The van der Waals surface area contributed by atoms with Crippen molar-refractivity contribution in [1.82, 2.24) is 14.5 Å². The highest BCUT2D eigenvalue weighted by Gasteiger charge is 2.13. The molecule has 112 valence electrons. The van der Waals surface area contributed by atoms with Crippen LogP contribution in [-0.2, 0) is 11.3 Å². The number of halogens is 1. The Morgan fingerprint density at radius 1 is 1.48 bits per heavy atom. The summed E-state index contributed by atoms with van der Waals surface area (Å²) < 4.78 is 2.07. The van der Waals surface area contributed by atoms with E-state index in [0.29, 0.717) is 17.4 Å². The van der Waals surface area contributed by atoms with Crippen molar-refractivity contribution in [1.29, 1.82) is 0 Å². The van der Waals surface area contributed by atoms with E-state index in [4.69, 9.17) is 5.11 Å². The van der Waals surface area contributed by atoms with E-state index >= 15 is 0 Å². The molecular weight excluding hydrogens is 338 g/mol. The van der Waals surface area contributed by atoms with Crippen molar-refractivity contribution in [2.45, 2.75) is 13.5 Å². The van der Waals surface area contributed by atoms with Crippen molar-refractivity contribution in [2.24, 2.45) is 0 Å². The fourth-order valence-electron chi connectivity index (χ4n) is 2.07. The van der Waals surface area contributed by atoms with Gasteiger partial charge in [-0.15, -0.1) is 0 Å². The highest BCUT2D eigenvalue weighted by Crippen LogP contribution is 2.14. The molecule has 0 aliphatic rings. The van der Waals surface area contributed by atoms with Crippen LogP contribution in [-0.4, -0.2) is 45.2 Å². The van der Waals surface area contributed by atoms with Crippen LogP contribution in [0.4, 0.5) is 0 Å². The molecule has 0 unspecified atom stereocenters. The Morgan fingerprint density at radius 3 is 2.90 bits per heavy atom. The molecular formula is C14H16BrN3O3. The molecule has 1 heterocycles. The van der Waals surface area contributed by atoms with E-state index in [1.54, 1.807) is 12.1 Å². The number of aromatic nitrogens is 2. The summed E-state index contributed by atoms with van der Waals surface area (Å²) in [4.78, 5) is 30.2. The van der Waals surface area contributed by atoms with E-state index in [0.717, 1.165) is 4.47 Å². The van der Waals surface area contributed by atoms with Crippen LogP contribution in [0.15, 0.2) is 33.8 Å². The fourth-order valence-corrected chi connectivity index (χ4v) is 2.43. The zero-order valence-electron chi connectivity index (χ0n) is 11.6. The zero-order chi connectivity index (χ0) is 15.4. The molecule has 21 heavy (non-hydrogen) atoms. The van der Waals surface area contributed by atoms with Gasteiger partial charge in [0.25, 0.3) is 5.56 Å². The number of fused-ring (bicyclic) bond motifs is 1. The molecule has 0 saturated carbocycles. The largest absolute Gasteiger partial charge is 0.395 e. The highest BCUT2D eigenvalue weighted by atomic mass is 79.9. The minimum absolute atomic E-state index is 0.0812. The molecule has 1 N–H and O–H groups in total. The molecule has 1 aromatic heterocycles. The van der Waals surface area contributed by atoms with Crippen molar-refractivity contribution in [3.63, 3.8) is 0 Å². The van der Waals surface area contributed by atoms with Crippen LogP contribution in [0.25, 0.3) is 10.9 Å². The van der Waals surface area contributed by atoms with Crippen molar-refractivity contribution >= 4 is 32.7 Å². The first-order chi connectivity index (χ1) is 10.1. The van der Waals surface area contributed by atoms with Crippen molar-refractivity contribution in [3.8, 4) is 0 Å². The molecule has 0 fully saturated rings. The third kappa shape index (κ3) is 3.48. The van der Waals surface area contributed by atoms with E-state index in [1.165, 1.54) is 15.8 Å². The van der Waals surface area contributed by atoms with Gasteiger partial charge in [0.05, 0.1) is 23.8 Å². The predicted octanol–water partition coefficient (Wildman–Crippen LogP) is 1.000. The second-order valence-corrected chi connectivity index (χ2v) is 5.45. The van der Waals surface area contributed by atoms with Crippen LogP contribution >= 0.6 is 15.9 Å². The second-order valence-electron chi connectivity index (χ2n) is 4.54. The predicted molar refractivity (Wildman–Crippen MR) is 83.0 cm³/mol. The molecule has 0 bridgehead atoms. The van der Waals surface area contributed by atoms with Gasteiger partial charge in [0.2, 0.25) is 5.91 Å². The number of rotatable bonds is 5. The van der Waals surface area contributed by atoms with Gasteiger partial charge < -0.3 is 10.0 Å². The minimum Gasteiger partial charge on any atom is -0.395 e. The summed E-state index contributed by atoms with van der Waals surface area (Å²) >= 11 is 3.32. The number of benzene rings is 1. The molecule has 0 spiro atoms. The molecule has 2 rings (SSSR count). The topological polar surface area (TPSA) is 75.4 Å². The molecule has 2 aromatic rings. The first kappa shape index (κ1) is 15.7. The SMILES string of the molecule is CCN(CCO)C(=O)Cn1cnc2ccc(Br)cc2c1=O.